The summed E-state index contributed by atoms with van der Waals surface area (Å²) in [6.45, 7) is 11.0. The first-order valence-electron chi connectivity index (χ1n) is 19.3. The van der Waals surface area contributed by atoms with E-state index in [4.69, 9.17) is 9.47 Å². The Morgan fingerprint density at radius 3 is 1.47 bits per heavy atom. The van der Waals surface area contributed by atoms with Gasteiger partial charge in [-0.15, -0.1) is 0 Å². The van der Waals surface area contributed by atoms with Crippen molar-refractivity contribution < 1.29 is 38.2 Å². The zero-order valence-corrected chi connectivity index (χ0v) is 32.9. The van der Waals surface area contributed by atoms with E-state index in [1.165, 1.54) is 14.2 Å². The minimum absolute atomic E-state index is 0.210. The molecule has 5 rings (SSSR count). The molecule has 0 saturated carbocycles. The van der Waals surface area contributed by atoms with Crippen LogP contribution in [0.1, 0.15) is 73.1 Å². The Kier molecular flexibility index (Phi) is 13.3. The third kappa shape index (κ3) is 8.97. The van der Waals surface area contributed by atoms with Gasteiger partial charge in [0.05, 0.1) is 25.3 Å². The maximum Gasteiger partial charge on any atom is 0.407 e. The second-order valence-corrected chi connectivity index (χ2v) is 15.0. The van der Waals surface area contributed by atoms with Crippen LogP contribution in [0.5, 0.6) is 0 Å². The number of alkyl carbamates (subject to hydrolysis) is 2. The van der Waals surface area contributed by atoms with E-state index in [9.17, 15) is 28.8 Å². The van der Waals surface area contributed by atoms with Crippen LogP contribution < -0.4 is 21.3 Å². The van der Waals surface area contributed by atoms with Crippen molar-refractivity contribution in [2.45, 2.75) is 104 Å². The summed E-state index contributed by atoms with van der Waals surface area (Å²) >= 11 is 0. The second kappa shape index (κ2) is 17.9. The molecule has 4 atom stereocenters. The van der Waals surface area contributed by atoms with Gasteiger partial charge in [0.15, 0.2) is 0 Å². The average Bonchev–Trinajstić information content (AvgIpc) is 3.92. The molecule has 2 saturated heterocycles. The van der Waals surface area contributed by atoms with E-state index in [0.29, 0.717) is 56.7 Å². The highest BCUT2D eigenvalue weighted by Crippen LogP contribution is 2.34. The topological polar surface area (TPSA) is 180 Å². The lowest BCUT2D eigenvalue weighted by Crippen LogP contribution is -2.54. The lowest BCUT2D eigenvalue weighted by Gasteiger charge is -2.30. The SMILES string of the molecule is CCCCn1c2cc(NC(=O)C3CCCN3C(=O)[C@H](NC(=O)OC)C(C)C)ccc2c2ccc(NC(=O)[C@@H]3CCCN3C(=O)[C@H](NC(=O)OC)C(C)C)cc21. The van der Waals surface area contributed by atoms with E-state index in [1.54, 1.807) is 9.80 Å². The number of carbonyl (C=O) groups is 6. The molecule has 1 aromatic heterocycles. The first-order chi connectivity index (χ1) is 26.3. The van der Waals surface area contributed by atoms with Crippen molar-refractivity contribution in [3.63, 3.8) is 0 Å². The number of ether oxygens (including phenoxy) is 2. The van der Waals surface area contributed by atoms with Crippen molar-refractivity contribution in [3.8, 4) is 0 Å². The Morgan fingerprint density at radius 2 is 1.11 bits per heavy atom. The van der Waals surface area contributed by atoms with Crippen molar-refractivity contribution >= 4 is 69.0 Å². The van der Waals surface area contributed by atoms with E-state index in [2.05, 4.69) is 32.8 Å². The number of aryl methyl sites for hydroxylation is 1. The molecule has 4 N–H and O–H groups in total. The molecule has 2 aromatic carbocycles. The largest absolute Gasteiger partial charge is 0.453 e. The molecule has 3 aromatic rings. The molecule has 1 unspecified atom stereocenters. The van der Waals surface area contributed by atoms with Gasteiger partial charge in [-0.25, -0.2) is 9.59 Å². The standard InChI is InChI=1S/C40H55N7O8/c1-8-9-18-45-31-21-25(41-35(48)29-12-10-19-46(29)37(50)33(23(2)3)43-39(52)54-6)14-16-27(31)28-17-15-26(22-32(28)45)42-36(49)30-13-11-20-47(30)38(51)34(24(4)5)44-40(53)55-7/h14-17,21-24,29-30,33-34H,8-13,18-20H2,1-7H3,(H,41,48)(H,42,49)(H,43,52)(H,44,53)/t29-,30?,33+,34+/m0/s1. The van der Waals surface area contributed by atoms with Crippen LogP contribution in [-0.4, -0.2) is 102 Å². The van der Waals surface area contributed by atoms with Gasteiger partial charge in [0.1, 0.15) is 24.2 Å². The van der Waals surface area contributed by atoms with Gasteiger partial charge in [0.2, 0.25) is 23.6 Å². The molecule has 0 aliphatic carbocycles. The van der Waals surface area contributed by atoms with Crippen LogP contribution in [0.15, 0.2) is 36.4 Å². The van der Waals surface area contributed by atoms with Gasteiger partial charge in [-0.05, 0) is 68.2 Å². The fraction of sp³-hybridized carbons (Fsp3) is 0.550. The van der Waals surface area contributed by atoms with Gasteiger partial charge in [0, 0.05) is 41.8 Å². The second-order valence-electron chi connectivity index (χ2n) is 15.0. The third-order valence-electron chi connectivity index (χ3n) is 10.6. The quantitative estimate of drug-likeness (QED) is 0.183. The molecule has 2 fully saturated rings. The summed E-state index contributed by atoms with van der Waals surface area (Å²) in [6, 6.07) is 8.48. The third-order valence-corrected chi connectivity index (χ3v) is 10.6. The lowest BCUT2D eigenvalue weighted by atomic mass is 10.0. The molecule has 15 nitrogen and oxygen atoms in total. The number of methoxy groups -OCH3 is 2. The maximum atomic E-state index is 13.7. The zero-order valence-electron chi connectivity index (χ0n) is 32.9. The number of unbranched alkanes of at least 4 members (excludes halogenated alkanes) is 1. The number of nitrogens with zero attached hydrogens (tertiary/aromatic N) is 3. The van der Waals surface area contributed by atoms with E-state index in [-0.39, 0.29) is 35.5 Å². The predicted octanol–water partition coefficient (Wildman–Crippen LogP) is 5.21. The van der Waals surface area contributed by atoms with Gasteiger partial charge >= 0.3 is 12.2 Å². The smallest absolute Gasteiger partial charge is 0.407 e. The monoisotopic (exact) mass is 761 g/mol. The van der Waals surface area contributed by atoms with Gasteiger partial charge in [-0.2, -0.15) is 0 Å². The molecule has 0 bridgehead atoms. The molecular weight excluding hydrogens is 706 g/mol. The summed E-state index contributed by atoms with van der Waals surface area (Å²) in [6.07, 6.45) is 2.78. The van der Waals surface area contributed by atoms with E-state index >= 15 is 0 Å². The first-order valence-corrected chi connectivity index (χ1v) is 19.3. The molecule has 15 heteroatoms. The number of fused-ring (bicyclic) bond motifs is 3. The first kappa shape index (κ1) is 40.8. The van der Waals surface area contributed by atoms with Gasteiger partial charge in [-0.3, -0.25) is 19.2 Å². The summed E-state index contributed by atoms with van der Waals surface area (Å²) in [5, 5.41) is 13.3. The number of rotatable bonds is 13. The fourth-order valence-corrected chi connectivity index (χ4v) is 7.62. The molecule has 0 radical (unpaired) electrons. The number of hydrogen-bond donors (Lipinski definition) is 4. The van der Waals surface area contributed by atoms with Crippen molar-refractivity contribution in [1.29, 1.82) is 0 Å². The minimum Gasteiger partial charge on any atom is -0.453 e. The van der Waals surface area contributed by atoms with Gasteiger partial charge < -0.3 is 45.1 Å². The molecular formula is C40H55N7O8. The Bertz CT molecular complexity index is 1790. The molecule has 6 amide bonds. The minimum atomic E-state index is -0.826. The number of nitrogens with one attached hydrogen (secondary N) is 4. The van der Waals surface area contributed by atoms with Crippen LogP contribution >= 0.6 is 0 Å². The Labute approximate surface area is 321 Å². The van der Waals surface area contributed by atoms with Crippen LogP contribution in [0.4, 0.5) is 21.0 Å². The van der Waals surface area contributed by atoms with Crippen molar-refractivity contribution in [3.05, 3.63) is 36.4 Å². The summed E-state index contributed by atoms with van der Waals surface area (Å²) in [4.78, 5) is 81.5. The number of aromatic nitrogens is 1. The molecule has 0 spiro atoms. The molecule has 55 heavy (non-hydrogen) atoms. The maximum absolute atomic E-state index is 13.7. The summed E-state index contributed by atoms with van der Waals surface area (Å²) in [7, 11) is 2.48. The number of amides is 6. The van der Waals surface area contributed by atoms with Crippen molar-refractivity contribution in [2.75, 3.05) is 37.9 Å². The van der Waals surface area contributed by atoms with Crippen LogP contribution in [0, 0.1) is 11.8 Å². The summed E-state index contributed by atoms with van der Waals surface area (Å²) < 4.78 is 11.6. The van der Waals surface area contributed by atoms with Crippen molar-refractivity contribution in [2.24, 2.45) is 11.8 Å². The van der Waals surface area contributed by atoms with E-state index < -0.39 is 36.4 Å². The number of carbonyl (C=O) groups excluding carboxylic acids is 6. The highest BCUT2D eigenvalue weighted by atomic mass is 16.5. The number of hydrogen-bond acceptors (Lipinski definition) is 8. The van der Waals surface area contributed by atoms with E-state index in [0.717, 1.165) is 34.6 Å². The zero-order chi connectivity index (χ0) is 40.0. The van der Waals surface area contributed by atoms with E-state index in [1.807, 2.05) is 64.1 Å². The molecule has 3 heterocycles. The highest BCUT2D eigenvalue weighted by Gasteiger charge is 2.40. The highest BCUT2D eigenvalue weighted by molar-refractivity contribution is 6.11. The van der Waals surface area contributed by atoms with Crippen LogP contribution in [0.2, 0.25) is 0 Å². The van der Waals surface area contributed by atoms with Crippen LogP contribution in [0.25, 0.3) is 21.8 Å². The lowest BCUT2D eigenvalue weighted by molar-refractivity contribution is -0.139. The summed E-state index contributed by atoms with van der Waals surface area (Å²) in [5.74, 6) is -1.66. The summed E-state index contributed by atoms with van der Waals surface area (Å²) in [5.41, 5.74) is 3.01. The molecule has 2 aliphatic rings. The number of benzene rings is 2. The number of anilines is 2. The predicted molar refractivity (Wildman–Crippen MR) is 209 cm³/mol. The normalized spacial score (nSPS) is 18.1. The molecule has 298 valence electrons. The van der Waals surface area contributed by atoms with Crippen LogP contribution in [-0.2, 0) is 35.2 Å². The Morgan fingerprint density at radius 1 is 0.691 bits per heavy atom. The van der Waals surface area contributed by atoms with Gasteiger partial charge in [-0.1, -0.05) is 53.2 Å². The van der Waals surface area contributed by atoms with Gasteiger partial charge in [0.25, 0.3) is 0 Å². The fourth-order valence-electron chi connectivity index (χ4n) is 7.62. The number of likely N-dealkylation sites (tertiary alicyclic amines) is 2. The Hall–Kier alpha value is -5.34. The molecule has 2 aliphatic heterocycles. The van der Waals surface area contributed by atoms with Crippen LogP contribution in [0.3, 0.4) is 0 Å². The van der Waals surface area contributed by atoms with Crippen molar-refractivity contribution in [1.82, 2.24) is 25.0 Å². The Balaban J connectivity index is 1.37. The average molecular weight is 762 g/mol.